The number of rotatable bonds is 4. The van der Waals surface area contributed by atoms with Crippen molar-refractivity contribution in [1.29, 1.82) is 0 Å². The average Bonchev–Trinajstić information content (AvgIpc) is 2.40. The van der Waals surface area contributed by atoms with Crippen LogP contribution in [0.2, 0.25) is 0 Å². The Balaban J connectivity index is 2.08. The van der Waals surface area contributed by atoms with Crippen molar-refractivity contribution in [2.45, 2.75) is 13.0 Å². The summed E-state index contributed by atoms with van der Waals surface area (Å²) < 4.78 is 0.831. The summed E-state index contributed by atoms with van der Waals surface area (Å²) in [6, 6.07) is 10.3. The van der Waals surface area contributed by atoms with Gasteiger partial charge in [-0.3, -0.25) is 9.69 Å². The largest absolute Gasteiger partial charge is 0.480 e. The van der Waals surface area contributed by atoms with E-state index in [-0.39, 0.29) is 12.6 Å². The predicted octanol–water partition coefficient (Wildman–Crippen LogP) is 2.38. The minimum atomic E-state index is -0.805. The van der Waals surface area contributed by atoms with Gasteiger partial charge in [0, 0.05) is 0 Å². The molecule has 1 saturated heterocycles. The van der Waals surface area contributed by atoms with Gasteiger partial charge in [-0.15, -0.1) is 0 Å². The highest BCUT2D eigenvalue weighted by molar-refractivity contribution is 8.22. The Morgan fingerprint density at radius 1 is 1.47 bits per heavy atom. The smallest absolute Gasteiger partial charge is 0.317 e. The molecule has 1 unspecified atom stereocenters. The van der Waals surface area contributed by atoms with Crippen molar-refractivity contribution in [3.05, 3.63) is 35.9 Å². The molecule has 1 heterocycles. The van der Waals surface area contributed by atoms with Crippen LogP contribution in [0.5, 0.6) is 0 Å². The van der Waals surface area contributed by atoms with Crippen LogP contribution in [0.25, 0.3) is 0 Å². The summed E-state index contributed by atoms with van der Waals surface area (Å²) >= 11 is 6.90. The lowest BCUT2D eigenvalue weighted by atomic mass is 10.1. The van der Waals surface area contributed by atoms with Gasteiger partial charge in [0.15, 0.2) is 0 Å². The van der Waals surface area contributed by atoms with Crippen LogP contribution in [-0.4, -0.2) is 44.3 Å². The van der Waals surface area contributed by atoms with Crippen molar-refractivity contribution in [1.82, 2.24) is 9.80 Å². The van der Waals surface area contributed by atoms with Crippen LogP contribution in [0.3, 0.4) is 0 Å². The van der Waals surface area contributed by atoms with E-state index in [1.165, 1.54) is 17.3 Å². The zero-order valence-electron chi connectivity index (χ0n) is 10.7. The van der Waals surface area contributed by atoms with Gasteiger partial charge in [0.1, 0.15) is 4.32 Å². The van der Waals surface area contributed by atoms with Gasteiger partial charge in [0.05, 0.1) is 25.1 Å². The van der Waals surface area contributed by atoms with Crippen molar-refractivity contribution in [3.8, 4) is 0 Å². The van der Waals surface area contributed by atoms with E-state index in [2.05, 4.69) is 24.0 Å². The number of thioether (sulfide) groups is 1. The van der Waals surface area contributed by atoms with E-state index in [4.69, 9.17) is 17.3 Å². The summed E-state index contributed by atoms with van der Waals surface area (Å²) in [7, 11) is 0. The number of nitrogens with zero attached hydrogens (tertiary/aromatic N) is 2. The first-order chi connectivity index (χ1) is 9.08. The lowest BCUT2D eigenvalue weighted by Gasteiger charge is -2.39. The van der Waals surface area contributed by atoms with Crippen LogP contribution >= 0.6 is 24.0 Å². The summed E-state index contributed by atoms with van der Waals surface area (Å²) in [5, 5.41) is 8.87. The minimum Gasteiger partial charge on any atom is -0.480 e. The fourth-order valence-electron chi connectivity index (χ4n) is 2.02. The molecule has 0 amide bonds. The highest BCUT2D eigenvalue weighted by atomic mass is 32.2. The van der Waals surface area contributed by atoms with Crippen LogP contribution in [0.15, 0.2) is 30.3 Å². The van der Waals surface area contributed by atoms with Gasteiger partial charge in [-0.1, -0.05) is 54.3 Å². The molecule has 1 atom stereocenters. The topological polar surface area (TPSA) is 43.8 Å². The maximum atomic E-state index is 10.8. The molecule has 1 aromatic rings. The van der Waals surface area contributed by atoms with Gasteiger partial charge in [-0.05, 0) is 12.5 Å². The Morgan fingerprint density at radius 3 is 2.79 bits per heavy atom. The Bertz CT molecular complexity index is 467. The third-order valence-corrected chi connectivity index (χ3v) is 4.63. The molecule has 0 aromatic heterocycles. The molecule has 1 fully saturated rings. The van der Waals surface area contributed by atoms with Gasteiger partial charge < -0.3 is 10.0 Å². The monoisotopic (exact) mass is 296 g/mol. The zero-order chi connectivity index (χ0) is 13.8. The minimum absolute atomic E-state index is 0.0492. The molecule has 0 radical (unpaired) electrons. The van der Waals surface area contributed by atoms with Crippen LogP contribution < -0.4 is 0 Å². The van der Waals surface area contributed by atoms with Crippen LogP contribution in [0.1, 0.15) is 18.5 Å². The number of carbonyl (C=O) groups is 1. The molecule has 102 valence electrons. The number of carboxylic acids is 1. The Kier molecular flexibility index (Phi) is 4.79. The molecule has 0 aliphatic carbocycles. The summed E-state index contributed by atoms with van der Waals surface area (Å²) in [6.07, 6.45) is 0. The zero-order valence-corrected chi connectivity index (χ0v) is 12.3. The normalized spacial score (nSPS) is 18.4. The van der Waals surface area contributed by atoms with E-state index in [1.807, 2.05) is 23.1 Å². The van der Waals surface area contributed by atoms with Gasteiger partial charge in [0.25, 0.3) is 0 Å². The quantitative estimate of drug-likeness (QED) is 0.861. The second-order valence-electron chi connectivity index (χ2n) is 4.46. The number of carboxylic acid groups (broad SMARTS) is 1. The van der Waals surface area contributed by atoms with Crippen molar-refractivity contribution in [2.75, 3.05) is 19.1 Å². The molecule has 0 saturated carbocycles. The third-order valence-electron chi connectivity index (χ3n) is 3.07. The SMILES string of the molecule is CC(c1ccccc1)N1CN(CC(=O)O)CSC1=S. The fraction of sp³-hybridized carbons (Fsp3) is 0.385. The Hall–Kier alpha value is -1.11. The molecule has 1 aromatic carbocycles. The maximum absolute atomic E-state index is 10.8. The molecule has 6 heteroatoms. The highest BCUT2D eigenvalue weighted by Gasteiger charge is 2.27. The van der Waals surface area contributed by atoms with Gasteiger partial charge in [-0.2, -0.15) is 0 Å². The second kappa shape index (κ2) is 6.36. The van der Waals surface area contributed by atoms with Gasteiger partial charge >= 0.3 is 5.97 Å². The van der Waals surface area contributed by atoms with Crippen molar-refractivity contribution >= 4 is 34.3 Å². The third kappa shape index (κ3) is 3.68. The number of thiocarbonyl (C=S) groups is 1. The molecule has 0 spiro atoms. The van der Waals surface area contributed by atoms with E-state index in [1.54, 1.807) is 0 Å². The number of hydrogen-bond acceptors (Lipinski definition) is 4. The van der Waals surface area contributed by atoms with E-state index >= 15 is 0 Å². The molecule has 2 rings (SSSR count). The van der Waals surface area contributed by atoms with Gasteiger partial charge in [0.2, 0.25) is 0 Å². The molecule has 1 aliphatic heterocycles. The molecule has 0 bridgehead atoms. The number of benzene rings is 1. The maximum Gasteiger partial charge on any atom is 0.317 e. The highest BCUT2D eigenvalue weighted by Crippen LogP contribution is 2.28. The molecule has 19 heavy (non-hydrogen) atoms. The summed E-state index contributed by atoms with van der Waals surface area (Å²) in [6.45, 7) is 2.70. The van der Waals surface area contributed by atoms with E-state index < -0.39 is 5.97 Å². The predicted molar refractivity (Wildman–Crippen MR) is 81.0 cm³/mol. The van der Waals surface area contributed by atoms with E-state index in [0.717, 1.165) is 4.32 Å². The van der Waals surface area contributed by atoms with Crippen LogP contribution in [0.4, 0.5) is 0 Å². The fourth-order valence-corrected chi connectivity index (χ4v) is 3.24. The van der Waals surface area contributed by atoms with Crippen molar-refractivity contribution in [3.63, 3.8) is 0 Å². The summed E-state index contributed by atoms with van der Waals surface area (Å²) in [4.78, 5) is 14.7. The van der Waals surface area contributed by atoms with Crippen molar-refractivity contribution < 1.29 is 9.90 Å². The van der Waals surface area contributed by atoms with E-state index in [9.17, 15) is 4.79 Å². The summed E-state index contributed by atoms with van der Waals surface area (Å²) in [5.74, 6) is -0.163. The molecule has 4 nitrogen and oxygen atoms in total. The first kappa shape index (κ1) is 14.3. The first-order valence-electron chi connectivity index (χ1n) is 6.00. The summed E-state index contributed by atoms with van der Waals surface area (Å²) in [5.41, 5.74) is 1.18. The average molecular weight is 296 g/mol. The molecule has 1 aliphatic rings. The first-order valence-corrected chi connectivity index (χ1v) is 7.40. The molecular formula is C13H16N2O2S2. The standard InChI is InChI=1S/C13H16N2O2S2/c1-10(11-5-3-2-4-6-11)15-8-14(7-12(16)17)9-19-13(15)18/h2-6,10H,7-9H2,1H3,(H,16,17). The van der Waals surface area contributed by atoms with Crippen LogP contribution in [0, 0.1) is 0 Å². The number of hydrogen-bond donors (Lipinski definition) is 1. The second-order valence-corrected chi connectivity index (χ2v) is 6.04. The molecular weight excluding hydrogens is 280 g/mol. The van der Waals surface area contributed by atoms with Crippen molar-refractivity contribution in [2.24, 2.45) is 0 Å². The Morgan fingerprint density at radius 2 is 2.16 bits per heavy atom. The lowest BCUT2D eigenvalue weighted by molar-refractivity contribution is -0.138. The molecule has 1 N–H and O–H groups in total. The van der Waals surface area contributed by atoms with Crippen LogP contribution in [-0.2, 0) is 4.79 Å². The number of aliphatic carboxylic acids is 1. The van der Waals surface area contributed by atoms with Gasteiger partial charge in [-0.25, -0.2) is 0 Å². The van der Waals surface area contributed by atoms with E-state index in [0.29, 0.717) is 12.5 Å². The Labute approximate surface area is 122 Å². The lowest BCUT2D eigenvalue weighted by Crippen LogP contribution is -2.47.